The topological polar surface area (TPSA) is 38.3 Å². The van der Waals surface area contributed by atoms with Crippen molar-refractivity contribution in [3.8, 4) is 0 Å². The molecule has 0 saturated heterocycles. The van der Waals surface area contributed by atoms with Gasteiger partial charge in [-0.15, -0.1) is 0 Å². The summed E-state index contributed by atoms with van der Waals surface area (Å²) < 4.78 is 4.30. The highest BCUT2D eigenvalue weighted by Crippen LogP contribution is 1.96. The van der Waals surface area contributed by atoms with Crippen LogP contribution in [-0.2, 0) is 9.42 Å². The molecule has 1 atom stereocenters. The monoisotopic (exact) mass is 167 g/mol. The van der Waals surface area contributed by atoms with Gasteiger partial charge in [-0.1, -0.05) is 6.92 Å². The molecule has 0 spiro atoms. The van der Waals surface area contributed by atoms with Gasteiger partial charge in [0.15, 0.2) is 0 Å². The Bertz CT molecular complexity index is 90.6. The minimum Gasteiger partial charge on any atom is -0.272 e. The molecule has 1 N–H and O–H groups in total. The Balaban J connectivity index is 3.06. The molecule has 1 amide bonds. The van der Waals surface area contributed by atoms with Crippen molar-refractivity contribution >= 4 is 27.1 Å². The van der Waals surface area contributed by atoms with Gasteiger partial charge in [0.05, 0.1) is 5.75 Å². The van der Waals surface area contributed by atoms with Gasteiger partial charge in [0, 0.05) is 9.47 Å². The number of rotatable bonds is 4. The first-order valence-electron chi connectivity index (χ1n) is 2.53. The minimum absolute atomic E-state index is 0.100. The molecular weight excluding hydrogens is 157 g/mol. The predicted octanol–water partition coefficient (Wildman–Crippen LogP) is 0.577. The van der Waals surface area contributed by atoms with Gasteiger partial charge in [-0.25, -0.2) is 5.48 Å². The van der Waals surface area contributed by atoms with Crippen LogP contribution in [0.2, 0.25) is 0 Å². The summed E-state index contributed by atoms with van der Waals surface area (Å²) in [7, 11) is 1.95. The Hall–Kier alpha value is 0.210. The molecule has 0 aliphatic rings. The molecular formula is C4H10NO2PS. The zero-order chi connectivity index (χ0) is 7.11. The quantitative estimate of drug-likeness (QED) is 0.491. The molecule has 0 rings (SSSR count). The number of nitrogens with one attached hydrogen (secondary N) is 1. The van der Waals surface area contributed by atoms with Gasteiger partial charge >= 0.3 is 0 Å². The van der Waals surface area contributed by atoms with E-state index in [0.717, 1.165) is 5.75 Å². The van der Waals surface area contributed by atoms with Crippen LogP contribution in [0.5, 0.6) is 0 Å². The van der Waals surface area contributed by atoms with Crippen LogP contribution in [0.25, 0.3) is 0 Å². The van der Waals surface area contributed by atoms with E-state index in [4.69, 9.17) is 0 Å². The van der Waals surface area contributed by atoms with Crippen molar-refractivity contribution in [1.82, 2.24) is 5.48 Å². The summed E-state index contributed by atoms with van der Waals surface area (Å²) >= 11 is 1.55. The summed E-state index contributed by atoms with van der Waals surface area (Å²) in [6.07, 6.45) is 0. The molecule has 54 valence electrons. The normalized spacial score (nSPS) is 9.11. The Morgan fingerprint density at radius 3 is 3.00 bits per heavy atom. The van der Waals surface area contributed by atoms with E-state index in [9.17, 15) is 4.79 Å². The lowest BCUT2D eigenvalue weighted by Crippen LogP contribution is -2.21. The standard InChI is InChI=1S/C4H10NO2PS/c1-2-9-3-4(6)5-7-8/h2-3,8H2,1H3,(H,5,6). The van der Waals surface area contributed by atoms with E-state index in [1.807, 2.05) is 16.4 Å². The maximum atomic E-state index is 10.5. The number of carbonyl (C=O) groups is 1. The van der Waals surface area contributed by atoms with Gasteiger partial charge in [-0.2, -0.15) is 11.8 Å². The van der Waals surface area contributed by atoms with E-state index in [1.165, 1.54) is 0 Å². The number of carbonyl (C=O) groups excluding carboxylic acids is 1. The Morgan fingerprint density at radius 1 is 1.89 bits per heavy atom. The smallest absolute Gasteiger partial charge is 0.253 e. The highest BCUT2D eigenvalue weighted by Gasteiger charge is 1.96. The van der Waals surface area contributed by atoms with Crippen LogP contribution in [-0.4, -0.2) is 17.4 Å². The molecule has 5 heteroatoms. The lowest BCUT2D eigenvalue weighted by atomic mass is 10.8. The molecule has 0 aliphatic heterocycles. The third-order valence-corrected chi connectivity index (χ3v) is 1.60. The number of thioether (sulfide) groups is 1. The summed E-state index contributed by atoms with van der Waals surface area (Å²) in [6.45, 7) is 2.00. The molecule has 0 aromatic carbocycles. The summed E-state index contributed by atoms with van der Waals surface area (Å²) in [5.74, 6) is 1.31. The second kappa shape index (κ2) is 6.33. The van der Waals surface area contributed by atoms with Crippen LogP contribution in [0.4, 0.5) is 0 Å². The van der Waals surface area contributed by atoms with Crippen LogP contribution < -0.4 is 5.48 Å². The number of hydrogen-bond donors (Lipinski definition) is 1. The van der Waals surface area contributed by atoms with Crippen molar-refractivity contribution < 1.29 is 9.42 Å². The van der Waals surface area contributed by atoms with Crippen molar-refractivity contribution in [2.45, 2.75) is 6.92 Å². The molecule has 0 heterocycles. The predicted molar refractivity (Wildman–Crippen MR) is 41.9 cm³/mol. The summed E-state index contributed by atoms with van der Waals surface area (Å²) in [5.41, 5.74) is 2.18. The van der Waals surface area contributed by atoms with Gasteiger partial charge < -0.3 is 0 Å². The largest absolute Gasteiger partial charge is 0.272 e. The maximum absolute atomic E-state index is 10.5. The summed E-state index contributed by atoms with van der Waals surface area (Å²) in [5, 5.41) is 0. The van der Waals surface area contributed by atoms with Crippen molar-refractivity contribution in [3.63, 3.8) is 0 Å². The van der Waals surface area contributed by atoms with Crippen LogP contribution in [0.3, 0.4) is 0 Å². The lowest BCUT2D eigenvalue weighted by Gasteiger charge is -1.98. The molecule has 0 radical (unpaired) electrons. The molecule has 0 aliphatic carbocycles. The lowest BCUT2D eigenvalue weighted by molar-refractivity contribution is -0.124. The van der Waals surface area contributed by atoms with Gasteiger partial charge in [0.2, 0.25) is 0 Å². The van der Waals surface area contributed by atoms with Crippen molar-refractivity contribution in [1.29, 1.82) is 0 Å². The first kappa shape index (κ1) is 9.21. The summed E-state index contributed by atoms with van der Waals surface area (Å²) in [4.78, 5) is 10.5. The van der Waals surface area contributed by atoms with Crippen molar-refractivity contribution in [2.24, 2.45) is 0 Å². The number of hydrogen-bond acceptors (Lipinski definition) is 3. The Morgan fingerprint density at radius 2 is 2.56 bits per heavy atom. The van der Waals surface area contributed by atoms with E-state index in [2.05, 4.69) is 10.1 Å². The molecule has 0 aromatic rings. The van der Waals surface area contributed by atoms with Crippen molar-refractivity contribution in [2.75, 3.05) is 11.5 Å². The molecule has 0 bridgehead atoms. The average Bonchev–Trinajstić information content (AvgIpc) is 1.85. The summed E-state index contributed by atoms with van der Waals surface area (Å²) in [6, 6.07) is 0. The Kier molecular flexibility index (Phi) is 6.48. The molecule has 9 heavy (non-hydrogen) atoms. The van der Waals surface area contributed by atoms with E-state index < -0.39 is 0 Å². The first-order chi connectivity index (χ1) is 4.31. The average molecular weight is 167 g/mol. The van der Waals surface area contributed by atoms with Gasteiger partial charge in [-0.3, -0.25) is 9.42 Å². The maximum Gasteiger partial charge on any atom is 0.253 e. The SMILES string of the molecule is CCSCC(=O)NOP. The van der Waals surface area contributed by atoms with Crippen LogP contribution in [0, 0.1) is 0 Å². The highest BCUT2D eigenvalue weighted by molar-refractivity contribution is 7.99. The van der Waals surface area contributed by atoms with E-state index in [0.29, 0.717) is 5.75 Å². The molecule has 0 fully saturated rings. The van der Waals surface area contributed by atoms with E-state index in [1.54, 1.807) is 11.8 Å². The fourth-order valence-electron chi connectivity index (χ4n) is 0.290. The van der Waals surface area contributed by atoms with E-state index >= 15 is 0 Å². The zero-order valence-electron chi connectivity index (χ0n) is 5.22. The number of amides is 1. The minimum atomic E-state index is -0.100. The second-order valence-corrected chi connectivity index (χ2v) is 2.79. The van der Waals surface area contributed by atoms with Gasteiger partial charge in [-0.05, 0) is 5.75 Å². The van der Waals surface area contributed by atoms with Crippen LogP contribution in [0.15, 0.2) is 0 Å². The molecule has 1 unspecified atom stereocenters. The fraction of sp³-hybridized carbons (Fsp3) is 0.750. The molecule has 0 saturated carbocycles. The second-order valence-electron chi connectivity index (χ2n) is 1.28. The van der Waals surface area contributed by atoms with Gasteiger partial charge in [0.25, 0.3) is 5.91 Å². The van der Waals surface area contributed by atoms with E-state index in [-0.39, 0.29) is 5.91 Å². The van der Waals surface area contributed by atoms with Crippen molar-refractivity contribution in [3.05, 3.63) is 0 Å². The highest BCUT2D eigenvalue weighted by atomic mass is 32.2. The fourth-order valence-corrected chi connectivity index (χ4v) is 0.870. The Labute approximate surface area is 61.2 Å². The molecule has 0 aromatic heterocycles. The number of hydroxylamine groups is 1. The molecule has 3 nitrogen and oxygen atoms in total. The van der Waals surface area contributed by atoms with Crippen LogP contribution >= 0.6 is 21.2 Å². The first-order valence-corrected chi connectivity index (χ1v) is 4.16. The van der Waals surface area contributed by atoms with Gasteiger partial charge in [0.1, 0.15) is 0 Å². The zero-order valence-corrected chi connectivity index (χ0v) is 7.19. The third kappa shape index (κ3) is 6.09. The van der Waals surface area contributed by atoms with Crippen LogP contribution in [0.1, 0.15) is 6.92 Å². The third-order valence-electron chi connectivity index (χ3n) is 0.610.